The second-order valence-corrected chi connectivity index (χ2v) is 4.33. The molecule has 3 rings (SSSR count). The molecule has 3 nitrogen and oxygen atoms in total. The van der Waals surface area contributed by atoms with Crippen molar-refractivity contribution in [2.24, 2.45) is 0 Å². The molecule has 96 valence electrons. The maximum absolute atomic E-state index is 13.6. The van der Waals surface area contributed by atoms with Crippen LogP contribution < -0.4 is 10.6 Å². The normalized spacial score (nSPS) is 18.6. The zero-order chi connectivity index (χ0) is 11.7. The molecular formula is C13H15ClFN3. The predicted octanol–water partition coefficient (Wildman–Crippen LogP) is 2.57. The number of rotatable bonds is 2. The van der Waals surface area contributed by atoms with Crippen LogP contribution in [0.1, 0.15) is 6.42 Å². The van der Waals surface area contributed by atoms with Gasteiger partial charge in [0.1, 0.15) is 11.3 Å². The van der Waals surface area contributed by atoms with Gasteiger partial charge < -0.3 is 10.6 Å². The van der Waals surface area contributed by atoms with Crippen molar-refractivity contribution in [3.63, 3.8) is 0 Å². The molecule has 0 saturated carbocycles. The first kappa shape index (κ1) is 13.1. The Morgan fingerprint density at radius 2 is 2.22 bits per heavy atom. The van der Waals surface area contributed by atoms with Crippen molar-refractivity contribution in [3.8, 4) is 0 Å². The average molecular weight is 268 g/mol. The first-order valence-corrected chi connectivity index (χ1v) is 5.85. The quantitative estimate of drug-likeness (QED) is 0.878. The molecule has 0 bridgehead atoms. The fourth-order valence-corrected chi connectivity index (χ4v) is 2.26. The van der Waals surface area contributed by atoms with Crippen LogP contribution in [0.3, 0.4) is 0 Å². The summed E-state index contributed by atoms with van der Waals surface area (Å²) in [7, 11) is 0. The molecule has 5 heteroatoms. The highest BCUT2D eigenvalue weighted by Crippen LogP contribution is 2.25. The van der Waals surface area contributed by atoms with Crippen LogP contribution in [-0.4, -0.2) is 24.1 Å². The van der Waals surface area contributed by atoms with E-state index in [-0.39, 0.29) is 18.2 Å². The minimum Gasteiger partial charge on any atom is -0.380 e. The van der Waals surface area contributed by atoms with Crippen molar-refractivity contribution in [1.29, 1.82) is 0 Å². The first-order valence-electron chi connectivity index (χ1n) is 5.85. The molecule has 1 fully saturated rings. The van der Waals surface area contributed by atoms with Crippen LogP contribution >= 0.6 is 12.4 Å². The lowest BCUT2D eigenvalue weighted by atomic mass is 10.1. The van der Waals surface area contributed by atoms with Gasteiger partial charge >= 0.3 is 0 Å². The summed E-state index contributed by atoms with van der Waals surface area (Å²) >= 11 is 0. The molecule has 0 radical (unpaired) electrons. The Hall–Kier alpha value is -1.39. The summed E-state index contributed by atoms with van der Waals surface area (Å²) in [6.07, 6.45) is 2.71. The molecule has 18 heavy (non-hydrogen) atoms. The van der Waals surface area contributed by atoms with Gasteiger partial charge in [0.15, 0.2) is 0 Å². The van der Waals surface area contributed by atoms with E-state index in [1.54, 1.807) is 12.3 Å². The minimum atomic E-state index is -0.268. The number of pyridine rings is 1. The van der Waals surface area contributed by atoms with Gasteiger partial charge in [-0.1, -0.05) is 0 Å². The van der Waals surface area contributed by atoms with E-state index in [0.29, 0.717) is 11.6 Å². The number of benzene rings is 1. The van der Waals surface area contributed by atoms with Crippen LogP contribution in [0.5, 0.6) is 0 Å². The number of fused-ring (bicyclic) bond motifs is 1. The Balaban J connectivity index is 0.00000120. The molecule has 1 aromatic heterocycles. The molecule has 1 aromatic carbocycles. The topological polar surface area (TPSA) is 37.0 Å². The van der Waals surface area contributed by atoms with E-state index in [9.17, 15) is 4.39 Å². The fourth-order valence-electron chi connectivity index (χ4n) is 2.26. The van der Waals surface area contributed by atoms with Crippen molar-refractivity contribution >= 4 is 29.0 Å². The summed E-state index contributed by atoms with van der Waals surface area (Å²) in [5.41, 5.74) is 1.40. The lowest BCUT2D eigenvalue weighted by Crippen LogP contribution is -2.22. The van der Waals surface area contributed by atoms with Gasteiger partial charge in [-0.05, 0) is 37.2 Å². The summed E-state index contributed by atoms with van der Waals surface area (Å²) in [6, 6.07) is 7.41. The zero-order valence-corrected chi connectivity index (χ0v) is 10.6. The largest absolute Gasteiger partial charge is 0.380 e. The molecular weight excluding hydrogens is 253 g/mol. The highest BCUT2D eigenvalue weighted by atomic mass is 35.5. The maximum atomic E-state index is 13.6. The van der Waals surface area contributed by atoms with E-state index in [1.165, 1.54) is 6.07 Å². The lowest BCUT2D eigenvalue weighted by Gasteiger charge is -2.14. The van der Waals surface area contributed by atoms with E-state index in [0.717, 1.165) is 30.6 Å². The van der Waals surface area contributed by atoms with Gasteiger partial charge in [-0.15, -0.1) is 12.4 Å². The van der Waals surface area contributed by atoms with Crippen molar-refractivity contribution in [1.82, 2.24) is 10.3 Å². The SMILES string of the molecule is Cl.Fc1ccc(N[C@@H]2CCNC2)c2cccnc12. The van der Waals surface area contributed by atoms with Crippen LogP contribution in [0.2, 0.25) is 0 Å². The van der Waals surface area contributed by atoms with Gasteiger partial charge in [0, 0.05) is 29.9 Å². The summed E-state index contributed by atoms with van der Waals surface area (Å²) in [4.78, 5) is 4.09. The monoisotopic (exact) mass is 267 g/mol. The summed E-state index contributed by atoms with van der Waals surface area (Å²) in [6.45, 7) is 1.99. The Kier molecular flexibility index (Phi) is 3.99. The average Bonchev–Trinajstić information content (AvgIpc) is 2.86. The molecule has 0 spiro atoms. The molecule has 2 heterocycles. The number of nitrogens with one attached hydrogen (secondary N) is 2. The smallest absolute Gasteiger partial charge is 0.149 e. The van der Waals surface area contributed by atoms with Crippen LogP contribution in [0, 0.1) is 5.82 Å². The Bertz CT molecular complexity index is 541. The van der Waals surface area contributed by atoms with Crippen LogP contribution in [-0.2, 0) is 0 Å². The predicted molar refractivity (Wildman–Crippen MR) is 73.8 cm³/mol. The summed E-state index contributed by atoms with van der Waals surface area (Å²) < 4.78 is 13.6. The van der Waals surface area contributed by atoms with Crippen molar-refractivity contribution in [3.05, 3.63) is 36.3 Å². The third-order valence-electron chi connectivity index (χ3n) is 3.14. The second kappa shape index (κ2) is 5.50. The van der Waals surface area contributed by atoms with E-state index in [1.807, 2.05) is 12.1 Å². The van der Waals surface area contributed by atoms with E-state index < -0.39 is 0 Å². The van der Waals surface area contributed by atoms with Gasteiger partial charge in [0.25, 0.3) is 0 Å². The van der Waals surface area contributed by atoms with Crippen molar-refractivity contribution < 1.29 is 4.39 Å². The molecule has 0 aliphatic carbocycles. The fraction of sp³-hybridized carbons (Fsp3) is 0.308. The Morgan fingerprint density at radius 1 is 1.33 bits per heavy atom. The molecule has 1 saturated heterocycles. The van der Waals surface area contributed by atoms with Crippen LogP contribution in [0.15, 0.2) is 30.5 Å². The third-order valence-corrected chi connectivity index (χ3v) is 3.14. The molecule has 1 aliphatic rings. The minimum absolute atomic E-state index is 0. The van der Waals surface area contributed by atoms with Gasteiger partial charge in [-0.25, -0.2) is 4.39 Å². The zero-order valence-electron chi connectivity index (χ0n) is 9.82. The van der Waals surface area contributed by atoms with Crippen molar-refractivity contribution in [2.75, 3.05) is 18.4 Å². The van der Waals surface area contributed by atoms with Gasteiger partial charge in [-0.2, -0.15) is 0 Å². The molecule has 1 aliphatic heterocycles. The number of anilines is 1. The summed E-state index contributed by atoms with van der Waals surface area (Å²) in [5.74, 6) is -0.268. The van der Waals surface area contributed by atoms with Crippen LogP contribution in [0.25, 0.3) is 10.9 Å². The Labute approximate surface area is 111 Å². The maximum Gasteiger partial charge on any atom is 0.149 e. The van der Waals surface area contributed by atoms with E-state index in [2.05, 4.69) is 15.6 Å². The highest BCUT2D eigenvalue weighted by Gasteiger charge is 2.15. The number of nitrogens with zero attached hydrogens (tertiary/aromatic N) is 1. The number of aromatic nitrogens is 1. The summed E-state index contributed by atoms with van der Waals surface area (Å²) in [5, 5.41) is 7.59. The van der Waals surface area contributed by atoms with Crippen LogP contribution in [0.4, 0.5) is 10.1 Å². The molecule has 2 N–H and O–H groups in total. The standard InChI is InChI=1S/C13H14FN3.ClH/c14-11-3-4-12(17-9-5-7-15-8-9)10-2-1-6-16-13(10)11;/h1-4,6,9,15,17H,5,7-8H2;1H/t9-;/m1./s1. The Morgan fingerprint density at radius 3 is 3.00 bits per heavy atom. The molecule has 1 atom stereocenters. The molecule has 2 aromatic rings. The van der Waals surface area contributed by atoms with Gasteiger partial charge in [0.2, 0.25) is 0 Å². The third kappa shape index (κ3) is 2.40. The van der Waals surface area contributed by atoms with Crippen molar-refractivity contribution in [2.45, 2.75) is 12.5 Å². The van der Waals surface area contributed by atoms with E-state index in [4.69, 9.17) is 0 Å². The van der Waals surface area contributed by atoms with Gasteiger partial charge in [-0.3, -0.25) is 4.98 Å². The number of halogens is 2. The number of hydrogen-bond donors (Lipinski definition) is 2. The molecule has 0 unspecified atom stereocenters. The lowest BCUT2D eigenvalue weighted by molar-refractivity contribution is 0.637. The molecule has 0 amide bonds. The van der Waals surface area contributed by atoms with Gasteiger partial charge in [0.05, 0.1) is 0 Å². The van der Waals surface area contributed by atoms with E-state index >= 15 is 0 Å². The second-order valence-electron chi connectivity index (χ2n) is 4.33. The number of hydrogen-bond acceptors (Lipinski definition) is 3. The first-order chi connectivity index (χ1) is 8.34. The highest BCUT2D eigenvalue weighted by molar-refractivity contribution is 5.91.